The predicted octanol–water partition coefficient (Wildman–Crippen LogP) is 3.26. The maximum absolute atomic E-state index is 11.9. The van der Waals surface area contributed by atoms with Crippen LogP contribution < -0.4 is 5.43 Å². The van der Waals surface area contributed by atoms with Crippen LogP contribution in [0.3, 0.4) is 0 Å². The first-order valence-electron chi connectivity index (χ1n) is 7.38. The zero-order valence-electron chi connectivity index (χ0n) is 12.8. The molecule has 3 aromatic rings. The number of benzene rings is 1. The Bertz CT molecular complexity index is 797. The van der Waals surface area contributed by atoms with Crippen molar-refractivity contribution in [3.63, 3.8) is 0 Å². The highest BCUT2D eigenvalue weighted by Crippen LogP contribution is 2.09. The van der Waals surface area contributed by atoms with E-state index in [9.17, 15) is 4.79 Å². The normalized spacial score (nSPS) is 11.6. The fraction of sp³-hybridized carbons (Fsp3) is 0. The van der Waals surface area contributed by atoms with Crippen molar-refractivity contribution in [2.75, 3.05) is 0 Å². The van der Waals surface area contributed by atoms with Crippen molar-refractivity contribution in [2.45, 2.75) is 0 Å². The van der Waals surface area contributed by atoms with Gasteiger partial charge >= 0.3 is 0 Å². The van der Waals surface area contributed by atoms with Crippen molar-refractivity contribution in [3.8, 4) is 0 Å². The van der Waals surface area contributed by atoms with Crippen molar-refractivity contribution in [2.24, 2.45) is 5.10 Å². The summed E-state index contributed by atoms with van der Waals surface area (Å²) in [4.78, 5) is 16.0. The lowest BCUT2D eigenvalue weighted by molar-refractivity contribution is -0.116. The zero-order valence-corrected chi connectivity index (χ0v) is 12.8. The molecule has 118 valence electrons. The monoisotopic (exact) mass is 317 g/mol. The second kappa shape index (κ2) is 7.69. The van der Waals surface area contributed by atoms with E-state index in [2.05, 4.69) is 15.5 Å². The molecule has 0 atom stereocenters. The van der Waals surface area contributed by atoms with E-state index < -0.39 is 0 Å². The van der Waals surface area contributed by atoms with Crippen LogP contribution in [0.15, 0.2) is 88.8 Å². The van der Waals surface area contributed by atoms with E-state index in [0.717, 1.165) is 11.1 Å². The lowest BCUT2D eigenvalue weighted by Crippen LogP contribution is -2.18. The average Bonchev–Trinajstić information content (AvgIpc) is 3.16. The lowest BCUT2D eigenvalue weighted by atomic mass is 10.0. The minimum absolute atomic E-state index is 0.339. The van der Waals surface area contributed by atoms with E-state index in [1.165, 1.54) is 6.08 Å². The smallest absolute Gasteiger partial charge is 0.264 e. The van der Waals surface area contributed by atoms with Crippen LogP contribution in [-0.2, 0) is 4.79 Å². The van der Waals surface area contributed by atoms with Gasteiger partial charge in [-0.1, -0.05) is 30.3 Å². The Morgan fingerprint density at radius 1 is 1.00 bits per heavy atom. The van der Waals surface area contributed by atoms with Gasteiger partial charge in [0.05, 0.1) is 12.0 Å². The second-order valence-corrected chi connectivity index (χ2v) is 4.89. The molecule has 2 aromatic heterocycles. The molecule has 24 heavy (non-hydrogen) atoms. The molecule has 2 heterocycles. The van der Waals surface area contributed by atoms with Crippen molar-refractivity contribution in [3.05, 3.63) is 96.2 Å². The lowest BCUT2D eigenvalue weighted by Gasteiger charge is -2.06. The van der Waals surface area contributed by atoms with E-state index in [0.29, 0.717) is 11.5 Å². The van der Waals surface area contributed by atoms with Crippen LogP contribution in [0, 0.1) is 0 Å². The fourth-order valence-corrected chi connectivity index (χ4v) is 2.09. The fourth-order valence-electron chi connectivity index (χ4n) is 2.09. The molecule has 0 bridgehead atoms. The number of carbonyl (C=O) groups excluding carboxylic acids is 1. The molecule has 1 amide bonds. The first-order chi connectivity index (χ1) is 11.8. The van der Waals surface area contributed by atoms with Crippen LogP contribution in [0.4, 0.5) is 0 Å². The predicted molar refractivity (Wildman–Crippen MR) is 92.2 cm³/mol. The topological polar surface area (TPSA) is 67.5 Å². The molecule has 1 aromatic carbocycles. The van der Waals surface area contributed by atoms with Gasteiger partial charge in [-0.2, -0.15) is 5.10 Å². The van der Waals surface area contributed by atoms with E-state index >= 15 is 0 Å². The van der Waals surface area contributed by atoms with Crippen molar-refractivity contribution in [1.82, 2.24) is 10.4 Å². The Balaban J connectivity index is 1.81. The number of pyridine rings is 1. The third-order valence-corrected chi connectivity index (χ3v) is 3.22. The number of hydrogen-bond acceptors (Lipinski definition) is 4. The highest BCUT2D eigenvalue weighted by molar-refractivity contribution is 6.13. The van der Waals surface area contributed by atoms with Gasteiger partial charge in [0.2, 0.25) is 0 Å². The number of aromatic nitrogens is 1. The number of carbonyl (C=O) groups is 1. The summed E-state index contributed by atoms with van der Waals surface area (Å²) in [6, 6.07) is 16.8. The zero-order chi connectivity index (χ0) is 16.6. The maximum Gasteiger partial charge on any atom is 0.264 e. The first kappa shape index (κ1) is 15.4. The second-order valence-electron chi connectivity index (χ2n) is 4.89. The maximum atomic E-state index is 11.9. The molecule has 0 spiro atoms. The van der Waals surface area contributed by atoms with Crippen LogP contribution in [0.5, 0.6) is 0 Å². The van der Waals surface area contributed by atoms with Crippen LogP contribution >= 0.6 is 0 Å². The number of nitrogens with zero attached hydrogens (tertiary/aromatic N) is 2. The van der Waals surface area contributed by atoms with Crippen LogP contribution in [-0.4, -0.2) is 16.6 Å². The minimum Gasteiger partial charge on any atom is -0.465 e. The van der Waals surface area contributed by atoms with Crippen LogP contribution in [0.1, 0.15) is 16.9 Å². The molecule has 0 saturated carbocycles. The third kappa shape index (κ3) is 4.04. The molecule has 0 radical (unpaired) electrons. The first-order valence-corrected chi connectivity index (χ1v) is 7.38. The Morgan fingerprint density at radius 3 is 2.46 bits per heavy atom. The van der Waals surface area contributed by atoms with Gasteiger partial charge in [0.15, 0.2) is 0 Å². The Kier molecular flexibility index (Phi) is 4.94. The van der Waals surface area contributed by atoms with Crippen molar-refractivity contribution in [1.29, 1.82) is 0 Å². The van der Waals surface area contributed by atoms with Crippen LogP contribution in [0.25, 0.3) is 6.08 Å². The molecule has 0 aliphatic heterocycles. The molecule has 0 aliphatic carbocycles. The average molecular weight is 317 g/mol. The van der Waals surface area contributed by atoms with Gasteiger partial charge in [-0.05, 0) is 30.3 Å². The Hall–Kier alpha value is -3.47. The summed E-state index contributed by atoms with van der Waals surface area (Å²) in [5.41, 5.74) is 4.98. The summed E-state index contributed by atoms with van der Waals surface area (Å²) in [5, 5.41) is 4.27. The standard InChI is InChI=1S/C19H15N3O2/c23-18(9-8-17-7-4-14-24-17)21-22-19(15-5-2-1-3-6-15)16-10-12-20-13-11-16/h1-14H,(H,21,23). The largest absolute Gasteiger partial charge is 0.465 e. The van der Waals surface area contributed by atoms with Gasteiger partial charge < -0.3 is 4.42 Å². The summed E-state index contributed by atoms with van der Waals surface area (Å²) in [6.45, 7) is 0. The van der Waals surface area contributed by atoms with Gasteiger partial charge in [-0.25, -0.2) is 5.43 Å². The third-order valence-electron chi connectivity index (χ3n) is 3.22. The molecule has 5 nitrogen and oxygen atoms in total. The number of hydrogen-bond donors (Lipinski definition) is 1. The quantitative estimate of drug-likeness (QED) is 0.446. The molecule has 5 heteroatoms. The Labute approximate surface area is 139 Å². The summed E-state index contributed by atoms with van der Waals surface area (Å²) >= 11 is 0. The summed E-state index contributed by atoms with van der Waals surface area (Å²) < 4.78 is 5.14. The van der Waals surface area contributed by atoms with Gasteiger partial charge in [0.1, 0.15) is 5.76 Å². The molecule has 1 N–H and O–H groups in total. The molecule has 0 fully saturated rings. The number of rotatable bonds is 5. The molecule has 0 unspecified atom stereocenters. The number of hydrazone groups is 1. The highest BCUT2D eigenvalue weighted by atomic mass is 16.3. The molecular weight excluding hydrogens is 302 g/mol. The van der Waals surface area contributed by atoms with Crippen molar-refractivity contribution >= 4 is 17.7 Å². The molecule has 3 rings (SSSR count). The van der Waals surface area contributed by atoms with Crippen LogP contribution in [0.2, 0.25) is 0 Å². The number of furan rings is 1. The SMILES string of the molecule is O=C(C=Cc1ccco1)NN=C(c1ccccc1)c1ccncc1. The summed E-state index contributed by atoms with van der Waals surface area (Å²) in [5.74, 6) is 0.264. The number of nitrogens with one attached hydrogen (secondary N) is 1. The summed E-state index contributed by atoms with van der Waals surface area (Å²) in [6.07, 6.45) is 7.88. The van der Waals surface area contributed by atoms with Gasteiger partial charge in [0.25, 0.3) is 5.91 Å². The minimum atomic E-state index is -0.339. The van der Waals surface area contributed by atoms with Gasteiger partial charge in [-0.15, -0.1) is 0 Å². The highest BCUT2D eigenvalue weighted by Gasteiger charge is 2.07. The number of amides is 1. The molecule has 0 saturated heterocycles. The Morgan fingerprint density at radius 2 is 1.75 bits per heavy atom. The van der Waals surface area contributed by atoms with E-state index in [1.807, 2.05) is 42.5 Å². The van der Waals surface area contributed by atoms with E-state index in [4.69, 9.17) is 4.42 Å². The molecular formula is C19H15N3O2. The molecule has 0 aliphatic rings. The van der Waals surface area contributed by atoms with Gasteiger partial charge in [-0.3, -0.25) is 9.78 Å². The van der Waals surface area contributed by atoms with Crippen molar-refractivity contribution < 1.29 is 9.21 Å². The van der Waals surface area contributed by atoms with Gasteiger partial charge in [0, 0.05) is 29.6 Å². The van der Waals surface area contributed by atoms with E-state index in [1.54, 1.807) is 36.9 Å². The van der Waals surface area contributed by atoms with E-state index in [-0.39, 0.29) is 5.91 Å². The summed E-state index contributed by atoms with van der Waals surface area (Å²) in [7, 11) is 0.